The van der Waals surface area contributed by atoms with E-state index in [-0.39, 0.29) is 5.91 Å². The standard InChI is InChI=1S/C12H14N4O2/c1-16-7-8(6-14-16)12(17)15-9-3-4-10(13)11(5-9)18-2/h3-7H,13H2,1-2H3,(H,15,17). The summed E-state index contributed by atoms with van der Waals surface area (Å²) in [7, 11) is 3.28. The number of rotatable bonds is 3. The molecule has 18 heavy (non-hydrogen) atoms. The maximum absolute atomic E-state index is 11.9. The fourth-order valence-corrected chi connectivity index (χ4v) is 1.53. The highest BCUT2D eigenvalue weighted by molar-refractivity contribution is 6.04. The zero-order chi connectivity index (χ0) is 13.1. The van der Waals surface area contributed by atoms with Crippen molar-refractivity contribution in [1.82, 2.24) is 9.78 Å². The van der Waals surface area contributed by atoms with Gasteiger partial charge < -0.3 is 15.8 Å². The lowest BCUT2D eigenvalue weighted by Crippen LogP contribution is -2.11. The van der Waals surface area contributed by atoms with Crippen molar-refractivity contribution in [2.75, 3.05) is 18.2 Å². The normalized spacial score (nSPS) is 10.1. The molecule has 0 bridgehead atoms. The van der Waals surface area contributed by atoms with Crippen molar-refractivity contribution in [3.8, 4) is 5.75 Å². The first-order valence-electron chi connectivity index (χ1n) is 5.33. The summed E-state index contributed by atoms with van der Waals surface area (Å²) in [5, 5.41) is 6.68. The molecule has 0 radical (unpaired) electrons. The second kappa shape index (κ2) is 4.79. The van der Waals surface area contributed by atoms with E-state index in [2.05, 4.69) is 10.4 Å². The highest BCUT2D eigenvalue weighted by Gasteiger charge is 2.09. The molecule has 6 heteroatoms. The minimum Gasteiger partial charge on any atom is -0.495 e. The number of benzene rings is 1. The number of nitrogens with two attached hydrogens (primary N) is 1. The van der Waals surface area contributed by atoms with E-state index in [1.807, 2.05) is 0 Å². The maximum atomic E-state index is 11.9. The molecule has 6 nitrogen and oxygen atoms in total. The summed E-state index contributed by atoms with van der Waals surface area (Å²) in [5.74, 6) is 0.300. The van der Waals surface area contributed by atoms with Gasteiger partial charge >= 0.3 is 0 Å². The number of nitrogen functional groups attached to an aromatic ring is 1. The second-order valence-electron chi connectivity index (χ2n) is 3.81. The van der Waals surface area contributed by atoms with E-state index in [0.717, 1.165) is 0 Å². The number of hydrogen-bond donors (Lipinski definition) is 2. The number of methoxy groups -OCH3 is 1. The predicted molar refractivity (Wildman–Crippen MR) is 68.6 cm³/mol. The topological polar surface area (TPSA) is 82.2 Å². The number of nitrogens with one attached hydrogen (secondary N) is 1. The molecule has 1 aromatic heterocycles. The molecule has 0 aliphatic rings. The molecule has 0 unspecified atom stereocenters. The van der Waals surface area contributed by atoms with Crippen LogP contribution >= 0.6 is 0 Å². The van der Waals surface area contributed by atoms with Gasteiger partial charge in [0.25, 0.3) is 5.91 Å². The predicted octanol–water partition coefficient (Wildman–Crippen LogP) is 1.26. The third-order valence-corrected chi connectivity index (χ3v) is 2.46. The Kier molecular flexibility index (Phi) is 3.18. The van der Waals surface area contributed by atoms with Gasteiger partial charge in [0, 0.05) is 25.0 Å². The van der Waals surface area contributed by atoms with Crippen LogP contribution in [-0.2, 0) is 7.05 Å². The summed E-state index contributed by atoms with van der Waals surface area (Å²) in [5.41, 5.74) is 7.33. The Morgan fingerprint density at radius 2 is 2.28 bits per heavy atom. The van der Waals surface area contributed by atoms with E-state index in [9.17, 15) is 4.79 Å². The summed E-state index contributed by atoms with van der Waals surface area (Å²) in [6, 6.07) is 5.06. The van der Waals surface area contributed by atoms with E-state index < -0.39 is 0 Å². The zero-order valence-electron chi connectivity index (χ0n) is 10.2. The summed E-state index contributed by atoms with van der Waals surface area (Å²) in [6.07, 6.45) is 3.15. The lowest BCUT2D eigenvalue weighted by atomic mass is 10.2. The minimum atomic E-state index is -0.227. The smallest absolute Gasteiger partial charge is 0.258 e. The average molecular weight is 246 g/mol. The Balaban J connectivity index is 2.16. The van der Waals surface area contributed by atoms with E-state index in [0.29, 0.717) is 22.7 Å². The molecule has 2 aromatic rings. The van der Waals surface area contributed by atoms with E-state index >= 15 is 0 Å². The molecule has 0 saturated heterocycles. The van der Waals surface area contributed by atoms with Crippen LogP contribution < -0.4 is 15.8 Å². The van der Waals surface area contributed by atoms with Gasteiger partial charge in [0.15, 0.2) is 0 Å². The number of ether oxygens (including phenoxy) is 1. The Labute approximate surface area is 104 Å². The van der Waals surface area contributed by atoms with Gasteiger partial charge in [-0.25, -0.2) is 0 Å². The highest BCUT2D eigenvalue weighted by atomic mass is 16.5. The Morgan fingerprint density at radius 1 is 1.50 bits per heavy atom. The molecular weight excluding hydrogens is 232 g/mol. The van der Waals surface area contributed by atoms with Gasteiger partial charge in [0.1, 0.15) is 5.75 Å². The van der Waals surface area contributed by atoms with Crippen molar-refractivity contribution >= 4 is 17.3 Å². The van der Waals surface area contributed by atoms with Crippen LogP contribution in [-0.4, -0.2) is 22.8 Å². The number of amides is 1. The fourth-order valence-electron chi connectivity index (χ4n) is 1.53. The molecule has 1 heterocycles. The monoisotopic (exact) mass is 246 g/mol. The van der Waals surface area contributed by atoms with Gasteiger partial charge in [0.2, 0.25) is 0 Å². The van der Waals surface area contributed by atoms with Gasteiger partial charge in [-0.15, -0.1) is 0 Å². The molecule has 0 aliphatic heterocycles. The largest absolute Gasteiger partial charge is 0.495 e. The quantitative estimate of drug-likeness (QED) is 0.799. The van der Waals surface area contributed by atoms with Crippen LogP contribution in [0.5, 0.6) is 5.75 Å². The van der Waals surface area contributed by atoms with Crippen molar-refractivity contribution in [2.45, 2.75) is 0 Å². The number of carbonyl (C=O) groups excluding carboxylic acids is 1. The second-order valence-corrected chi connectivity index (χ2v) is 3.81. The molecule has 94 valence electrons. The number of hydrogen-bond acceptors (Lipinski definition) is 4. The van der Waals surface area contributed by atoms with E-state index in [1.165, 1.54) is 13.3 Å². The first-order chi connectivity index (χ1) is 8.60. The van der Waals surface area contributed by atoms with Crippen LogP contribution in [0.4, 0.5) is 11.4 Å². The Morgan fingerprint density at radius 3 is 2.89 bits per heavy atom. The van der Waals surface area contributed by atoms with E-state index in [1.54, 1.807) is 36.1 Å². The number of nitrogens with zero attached hydrogens (tertiary/aromatic N) is 2. The Hall–Kier alpha value is -2.50. The number of aryl methyl sites for hydroxylation is 1. The number of carbonyl (C=O) groups is 1. The summed E-state index contributed by atoms with van der Waals surface area (Å²) >= 11 is 0. The molecule has 0 spiro atoms. The molecule has 1 aromatic carbocycles. The van der Waals surface area contributed by atoms with Crippen LogP contribution in [0.2, 0.25) is 0 Å². The first kappa shape index (κ1) is 12.0. The number of aromatic nitrogens is 2. The van der Waals surface area contributed by atoms with E-state index in [4.69, 9.17) is 10.5 Å². The van der Waals surface area contributed by atoms with Crippen molar-refractivity contribution in [2.24, 2.45) is 7.05 Å². The molecule has 0 atom stereocenters. The SMILES string of the molecule is COc1cc(NC(=O)c2cnn(C)c2)ccc1N. The Bertz CT molecular complexity index is 577. The first-order valence-corrected chi connectivity index (χ1v) is 5.33. The van der Waals surface area contributed by atoms with Crippen LogP contribution in [0, 0.1) is 0 Å². The van der Waals surface area contributed by atoms with Gasteiger partial charge in [-0.1, -0.05) is 0 Å². The summed E-state index contributed by atoms with van der Waals surface area (Å²) in [6.45, 7) is 0. The summed E-state index contributed by atoms with van der Waals surface area (Å²) in [4.78, 5) is 11.9. The van der Waals surface area contributed by atoms with Crippen molar-refractivity contribution in [3.63, 3.8) is 0 Å². The van der Waals surface area contributed by atoms with Crippen molar-refractivity contribution < 1.29 is 9.53 Å². The lowest BCUT2D eigenvalue weighted by Gasteiger charge is -2.08. The van der Waals surface area contributed by atoms with Crippen LogP contribution in [0.3, 0.4) is 0 Å². The molecule has 3 N–H and O–H groups in total. The molecule has 2 rings (SSSR count). The maximum Gasteiger partial charge on any atom is 0.258 e. The fraction of sp³-hybridized carbons (Fsp3) is 0.167. The van der Waals surface area contributed by atoms with Crippen molar-refractivity contribution in [1.29, 1.82) is 0 Å². The molecule has 0 fully saturated rings. The third kappa shape index (κ3) is 2.42. The molecule has 0 saturated carbocycles. The van der Waals surface area contributed by atoms with Gasteiger partial charge in [0.05, 0.1) is 24.6 Å². The van der Waals surface area contributed by atoms with Gasteiger partial charge in [-0.3, -0.25) is 9.48 Å². The third-order valence-electron chi connectivity index (χ3n) is 2.46. The lowest BCUT2D eigenvalue weighted by molar-refractivity contribution is 0.102. The minimum absolute atomic E-state index is 0.227. The zero-order valence-corrected chi connectivity index (χ0v) is 10.2. The molecule has 1 amide bonds. The highest BCUT2D eigenvalue weighted by Crippen LogP contribution is 2.25. The van der Waals surface area contributed by atoms with Crippen LogP contribution in [0.25, 0.3) is 0 Å². The van der Waals surface area contributed by atoms with Crippen molar-refractivity contribution in [3.05, 3.63) is 36.2 Å². The molecular formula is C12H14N4O2. The van der Waals surface area contributed by atoms with Crippen LogP contribution in [0.15, 0.2) is 30.6 Å². The van der Waals surface area contributed by atoms with Gasteiger partial charge in [-0.2, -0.15) is 5.10 Å². The van der Waals surface area contributed by atoms with Gasteiger partial charge in [-0.05, 0) is 12.1 Å². The molecule has 0 aliphatic carbocycles. The van der Waals surface area contributed by atoms with Crippen LogP contribution in [0.1, 0.15) is 10.4 Å². The average Bonchev–Trinajstić information content (AvgIpc) is 2.78. The summed E-state index contributed by atoms with van der Waals surface area (Å²) < 4.78 is 6.65. The number of anilines is 2.